The van der Waals surface area contributed by atoms with Crippen LogP contribution < -0.4 is 11.1 Å². The van der Waals surface area contributed by atoms with Crippen LogP contribution in [0, 0.1) is 0 Å². The fourth-order valence-electron chi connectivity index (χ4n) is 1.04. The van der Waals surface area contributed by atoms with E-state index in [1.807, 2.05) is 0 Å². The first kappa shape index (κ1) is 13.5. The highest BCUT2D eigenvalue weighted by molar-refractivity contribution is 5.42. The lowest BCUT2D eigenvalue weighted by Crippen LogP contribution is -2.28. The van der Waals surface area contributed by atoms with Crippen LogP contribution in [0.15, 0.2) is 6.07 Å². The van der Waals surface area contributed by atoms with Gasteiger partial charge in [-0.2, -0.15) is 18.2 Å². The van der Waals surface area contributed by atoms with Crippen LogP contribution in [0.3, 0.4) is 0 Å². The standard InChI is InChI=1S/C8H11F3N4O2/c9-8(10,11)5-1-6(15-7(12)14-5)13-4(2-16)3-17/h1,4,16-17H,2-3H2,(H3,12,13,14,15). The average Bonchev–Trinajstić information content (AvgIpc) is 2.24. The van der Waals surface area contributed by atoms with E-state index >= 15 is 0 Å². The molecule has 0 aromatic carbocycles. The molecule has 9 heteroatoms. The van der Waals surface area contributed by atoms with Crippen molar-refractivity contribution < 1.29 is 23.4 Å². The van der Waals surface area contributed by atoms with Crippen molar-refractivity contribution in [2.75, 3.05) is 24.3 Å². The number of nitrogens with zero attached hydrogens (tertiary/aromatic N) is 2. The van der Waals surface area contributed by atoms with E-state index in [2.05, 4.69) is 15.3 Å². The fourth-order valence-corrected chi connectivity index (χ4v) is 1.04. The zero-order valence-corrected chi connectivity index (χ0v) is 8.57. The van der Waals surface area contributed by atoms with Crippen molar-refractivity contribution in [3.05, 3.63) is 11.8 Å². The number of hydrogen-bond donors (Lipinski definition) is 4. The molecule has 0 bridgehead atoms. The predicted molar refractivity (Wildman–Crippen MR) is 53.0 cm³/mol. The highest BCUT2D eigenvalue weighted by atomic mass is 19.4. The summed E-state index contributed by atoms with van der Waals surface area (Å²) < 4.78 is 37.1. The van der Waals surface area contributed by atoms with E-state index < -0.39 is 37.1 Å². The molecule has 0 spiro atoms. The van der Waals surface area contributed by atoms with Crippen LogP contribution in [0.1, 0.15) is 5.69 Å². The highest BCUT2D eigenvalue weighted by Crippen LogP contribution is 2.29. The number of rotatable bonds is 4. The third-order valence-electron chi connectivity index (χ3n) is 1.83. The van der Waals surface area contributed by atoms with Crippen molar-refractivity contribution in [2.24, 2.45) is 0 Å². The monoisotopic (exact) mass is 252 g/mol. The molecule has 1 aromatic heterocycles. The number of nitrogens with two attached hydrogens (primary N) is 1. The van der Waals surface area contributed by atoms with Gasteiger partial charge in [0, 0.05) is 6.07 Å². The Kier molecular flexibility index (Phi) is 4.07. The molecular formula is C8H11F3N4O2. The van der Waals surface area contributed by atoms with Gasteiger partial charge in [-0.3, -0.25) is 0 Å². The maximum Gasteiger partial charge on any atom is 0.433 e. The SMILES string of the molecule is Nc1nc(NC(CO)CO)cc(C(F)(F)F)n1. The second-order valence-electron chi connectivity index (χ2n) is 3.20. The lowest BCUT2D eigenvalue weighted by atomic mass is 10.3. The van der Waals surface area contributed by atoms with Crippen molar-refractivity contribution in [1.29, 1.82) is 0 Å². The van der Waals surface area contributed by atoms with Crippen LogP contribution in [-0.4, -0.2) is 39.4 Å². The Balaban J connectivity index is 2.97. The number of hydrogen-bond acceptors (Lipinski definition) is 6. The molecule has 96 valence electrons. The normalized spacial score (nSPS) is 11.9. The maximum absolute atomic E-state index is 12.4. The molecule has 0 aliphatic heterocycles. The smallest absolute Gasteiger partial charge is 0.394 e. The van der Waals surface area contributed by atoms with Gasteiger partial charge in [-0.1, -0.05) is 0 Å². The van der Waals surface area contributed by atoms with Crippen molar-refractivity contribution in [3.8, 4) is 0 Å². The lowest BCUT2D eigenvalue weighted by Gasteiger charge is -2.15. The van der Waals surface area contributed by atoms with E-state index in [-0.39, 0.29) is 5.82 Å². The van der Waals surface area contributed by atoms with Gasteiger partial charge < -0.3 is 21.3 Å². The van der Waals surface area contributed by atoms with Crippen LogP contribution in [0.25, 0.3) is 0 Å². The van der Waals surface area contributed by atoms with Gasteiger partial charge >= 0.3 is 6.18 Å². The number of aliphatic hydroxyl groups excluding tert-OH is 2. The molecule has 0 saturated carbocycles. The number of aromatic nitrogens is 2. The minimum atomic E-state index is -4.64. The molecule has 0 fully saturated rings. The Morgan fingerprint density at radius 2 is 1.88 bits per heavy atom. The van der Waals surface area contributed by atoms with Crippen molar-refractivity contribution in [2.45, 2.75) is 12.2 Å². The second-order valence-corrected chi connectivity index (χ2v) is 3.20. The zero-order chi connectivity index (χ0) is 13.1. The molecule has 0 unspecified atom stereocenters. The van der Waals surface area contributed by atoms with Gasteiger partial charge in [0.05, 0.1) is 19.3 Å². The van der Waals surface area contributed by atoms with E-state index in [1.54, 1.807) is 0 Å². The number of alkyl halides is 3. The van der Waals surface area contributed by atoms with E-state index in [4.69, 9.17) is 15.9 Å². The Bertz CT molecular complexity index is 382. The molecule has 1 heterocycles. The predicted octanol–water partition coefficient (Wildman–Crippen LogP) is -0.157. The van der Waals surface area contributed by atoms with Gasteiger partial charge in [0.25, 0.3) is 0 Å². The van der Waals surface area contributed by atoms with Crippen molar-refractivity contribution in [1.82, 2.24) is 9.97 Å². The molecule has 1 rings (SSSR count). The Morgan fingerprint density at radius 1 is 1.29 bits per heavy atom. The minimum absolute atomic E-state index is 0.210. The Labute approximate surface area is 94.3 Å². The van der Waals surface area contributed by atoms with E-state index in [1.165, 1.54) is 0 Å². The van der Waals surface area contributed by atoms with Gasteiger partial charge in [0.2, 0.25) is 5.95 Å². The summed E-state index contributed by atoms with van der Waals surface area (Å²) in [4.78, 5) is 6.56. The van der Waals surface area contributed by atoms with Gasteiger partial charge in [-0.05, 0) is 0 Å². The Hall–Kier alpha value is -1.61. The first-order valence-corrected chi connectivity index (χ1v) is 4.57. The molecule has 17 heavy (non-hydrogen) atoms. The molecule has 0 aliphatic rings. The molecule has 0 amide bonds. The molecule has 0 aliphatic carbocycles. The molecule has 6 nitrogen and oxygen atoms in total. The van der Waals surface area contributed by atoms with Crippen LogP contribution in [0.4, 0.5) is 24.9 Å². The largest absolute Gasteiger partial charge is 0.433 e. The number of halogens is 3. The summed E-state index contributed by atoms with van der Waals surface area (Å²) in [5.41, 5.74) is 3.94. The first-order chi connectivity index (χ1) is 7.86. The first-order valence-electron chi connectivity index (χ1n) is 4.57. The van der Waals surface area contributed by atoms with Gasteiger partial charge in [0.15, 0.2) is 5.69 Å². The van der Waals surface area contributed by atoms with Crippen LogP contribution in [-0.2, 0) is 6.18 Å². The van der Waals surface area contributed by atoms with Gasteiger partial charge in [0.1, 0.15) is 5.82 Å². The third-order valence-corrected chi connectivity index (χ3v) is 1.83. The quantitative estimate of drug-likeness (QED) is 0.593. The van der Waals surface area contributed by atoms with Gasteiger partial charge in [-0.25, -0.2) is 4.98 Å². The van der Waals surface area contributed by atoms with Crippen LogP contribution >= 0.6 is 0 Å². The van der Waals surface area contributed by atoms with Crippen LogP contribution in [0.2, 0.25) is 0 Å². The summed E-state index contributed by atoms with van der Waals surface area (Å²) in [6.45, 7) is -0.913. The topological polar surface area (TPSA) is 104 Å². The fraction of sp³-hybridized carbons (Fsp3) is 0.500. The molecule has 1 aromatic rings. The van der Waals surface area contributed by atoms with E-state index in [0.29, 0.717) is 6.07 Å². The maximum atomic E-state index is 12.4. The van der Waals surface area contributed by atoms with Gasteiger partial charge in [-0.15, -0.1) is 0 Å². The summed E-state index contributed by atoms with van der Waals surface area (Å²) in [5, 5.41) is 19.9. The summed E-state index contributed by atoms with van der Waals surface area (Å²) in [5.74, 6) is -0.755. The molecular weight excluding hydrogens is 241 g/mol. The molecule has 0 saturated heterocycles. The highest BCUT2D eigenvalue weighted by Gasteiger charge is 2.33. The number of nitrogen functional groups attached to an aromatic ring is 1. The minimum Gasteiger partial charge on any atom is -0.394 e. The molecule has 0 radical (unpaired) electrons. The second kappa shape index (κ2) is 5.15. The number of aliphatic hydroxyl groups is 2. The number of anilines is 2. The molecule has 0 atom stereocenters. The van der Waals surface area contributed by atoms with Crippen molar-refractivity contribution in [3.63, 3.8) is 0 Å². The third kappa shape index (κ3) is 3.71. The summed E-state index contributed by atoms with van der Waals surface area (Å²) in [6, 6.07) is -0.167. The Morgan fingerprint density at radius 3 is 2.35 bits per heavy atom. The summed E-state index contributed by atoms with van der Waals surface area (Å²) in [7, 11) is 0. The lowest BCUT2D eigenvalue weighted by molar-refractivity contribution is -0.141. The summed E-state index contributed by atoms with van der Waals surface area (Å²) >= 11 is 0. The number of nitrogens with one attached hydrogen (secondary N) is 1. The van der Waals surface area contributed by atoms with E-state index in [0.717, 1.165) is 0 Å². The van der Waals surface area contributed by atoms with Crippen LogP contribution in [0.5, 0.6) is 0 Å². The summed E-state index contributed by atoms with van der Waals surface area (Å²) in [6.07, 6.45) is -4.64. The van der Waals surface area contributed by atoms with Crippen molar-refractivity contribution >= 4 is 11.8 Å². The molecule has 5 N–H and O–H groups in total. The average molecular weight is 252 g/mol. The zero-order valence-electron chi connectivity index (χ0n) is 8.57. The van der Waals surface area contributed by atoms with E-state index in [9.17, 15) is 13.2 Å².